The molecule has 0 aliphatic carbocycles. The van der Waals surface area contributed by atoms with Crippen LogP contribution < -0.4 is 9.62 Å². The Hall–Kier alpha value is -2.00. The highest BCUT2D eigenvalue weighted by Crippen LogP contribution is 2.33. The average Bonchev–Trinajstić information content (AvgIpc) is 2.76. The monoisotopic (exact) mass is 547 g/mol. The molecule has 1 atom stereocenters. The van der Waals surface area contributed by atoms with E-state index < -0.39 is 28.5 Å². The molecule has 1 N–H and O–H groups in total. The van der Waals surface area contributed by atoms with Crippen LogP contribution in [0.3, 0.4) is 0 Å². The van der Waals surface area contributed by atoms with E-state index in [0.717, 1.165) is 10.6 Å². The SMILES string of the molecule is CC(C)CNC(=O)[C@@H](C)N(Cc1ccccc1Cl)C(=O)CN(c1cccc(Cl)c1Cl)S(C)(=O)=O. The van der Waals surface area contributed by atoms with E-state index in [1.807, 2.05) is 13.8 Å². The fourth-order valence-corrected chi connectivity index (χ4v) is 4.62. The van der Waals surface area contributed by atoms with Crippen LogP contribution in [0.4, 0.5) is 5.69 Å². The van der Waals surface area contributed by atoms with Gasteiger partial charge in [-0.25, -0.2) is 8.42 Å². The lowest BCUT2D eigenvalue weighted by Gasteiger charge is -2.32. The summed E-state index contributed by atoms with van der Waals surface area (Å²) in [6, 6.07) is 10.6. The van der Waals surface area contributed by atoms with Crippen molar-refractivity contribution >= 4 is 62.3 Å². The lowest BCUT2D eigenvalue weighted by atomic mass is 10.1. The summed E-state index contributed by atoms with van der Waals surface area (Å²) in [5.41, 5.74) is 0.687. The van der Waals surface area contributed by atoms with Gasteiger partial charge >= 0.3 is 0 Å². The predicted molar refractivity (Wildman–Crippen MR) is 138 cm³/mol. The molecule has 0 aliphatic rings. The number of sulfonamides is 1. The van der Waals surface area contributed by atoms with Crippen molar-refractivity contribution in [1.82, 2.24) is 10.2 Å². The molecule has 0 aliphatic heterocycles. The number of anilines is 1. The Bertz CT molecular complexity index is 1140. The minimum absolute atomic E-state index is 0.00257. The number of amides is 2. The summed E-state index contributed by atoms with van der Waals surface area (Å²) < 4.78 is 26.1. The number of nitrogens with zero attached hydrogens (tertiary/aromatic N) is 2. The summed E-state index contributed by atoms with van der Waals surface area (Å²) in [5, 5.41) is 3.39. The lowest BCUT2D eigenvalue weighted by Crippen LogP contribution is -2.51. The highest BCUT2D eigenvalue weighted by molar-refractivity contribution is 7.92. The molecular weight excluding hydrogens is 521 g/mol. The molecule has 0 unspecified atom stereocenters. The first-order chi connectivity index (χ1) is 15.8. The summed E-state index contributed by atoms with van der Waals surface area (Å²) in [7, 11) is -3.92. The largest absolute Gasteiger partial charge is 0.354 e. The predicted octanol–water partition coefficient (Wildman–Crippen LogP) is 4.60. The van der Waals surface area contributed by atoms with Crippen LogP contribution in [0.5, 0.6) is 0 Å². The molecule has 34 heavy (non-hydrogen) atoms. The number of halogens is 3. The van der Waals surface area contributed by atoms with Crippen molar-refractivity contribution in [3.63, 3.8) is 0 Å². The maximum absolute atomic E-state index is 13.5. The highest BCUT2D eigenvalue weighted by Gasteiger charge is 2.31. The topological polar surface area (TPSA) is 86.8 Å². The van der Waals surface area contributed by atoms with Gasteiger partial charge in [-0.1, -0.05) is 72.9 Å². The van der Waals surface area contributed by atoms with Crippen molar-refractivity contribution in [2.24, 2.45) is 5.92 Å². The quantitative estimate of drug-likeness (QED) is 0.470. The van der Waals surface area contributed by atoms with Crippen molar-refractivity contribution in [2.75, 3.05) is 23.7 Å². The zero-order valence-electron chi connectivity index (χ0n) is 19.4. The van der Waals surface area contributed by atoms with E-state index in [-0.39, 0.29) is 34.1 Å². The zero-order chi connectivity index (χ0) is 25.6. The molecule has 2 aromatic rings. The van der Waals surface area contributed by atoms with Gasteiger partial charge < -0.3 is 10.2 Å². The minimum atomic E-state index is -3.92. The Morgan fingerprint density at radius 1 is 0.971 bits per heavy atom. The summed E-state index contributed by atoms with van der Waals surface area (Å²) in [5.74, 6) is -0.746. The number of carbonyl (C=O) groups is 2. The van der Waals surface area contributed by atoms with Crippen LogP contribution in [0.1, 0.15) is 26.3 Å². The molecular formula is C23H28Cl3N3O4S. The molecule has 2 rings (SSSR count). The molecule has 2 amide bonds. The third-order valence-electron chi connectivity index (χ3n) is 5.03. The fraction of sp³-hybridized carbons (Fsp3) is 0.391. The Morgan fingerprint density at radius 2 is 1.59 bits per heavy atom. The van der Waals surface area contributed by atoms with Gasteiger partial charge in [-0.05, 0) is 36.6 Å². The van der Waals surface area contributed by atoms with Gasteiger partial charge in [0, 0.05) is 18.1 Å². The number of hydrogen-bond donors (Lipinski definition) is 1. The van der Waals surface area contributed by atoms with Crippen molar-refractivity contribution in [3.05, 3.63) is 63.1 Å². The van der Waals surface area contributed by atoms with Gasteiger partial charge in [-0.2, -0.15) is 0 Å². The van der Waals surface area contributed by atoms with Gasteiger partial charge in [0.2, 0.25) is 21.8 Å². The third kappa shape index (κ3) is 7.50. The molecule has 0 saturated heterocycles. The summed E-state index contributed by atoms with van der Waals surface area (Å²) in [6.45, 7) is 5.36. The standard InChI is InChI=1S/C23H28Cl3N3O4S/c1-15(2)12-27-23(31)16(3)28(13-17-8-5-6-9-18(17)24)21(30)14-29(34(4,32)33)20-11-7-10-19(25)22(20)26/h5-11,15-16H,12-14H2,1-4H3,(H,27,31)/t16-/m1/s1. The van der Waals surface area contributed by atoms with E-state index in [1.54, 1.807) is 31.2 Å². The van der Waals surface area contributed by atoms with E-state index in [1.165, 1.54) is 23.1 Å². The first kappa shape index (κ1) is 28.2. The van der Waals surface area contributed by atoms with Gasteiger partial charge in [0.15, 0.2) is 0 Å². The molecule has 11 heteroatoms. The molecule has 0 aromatic heterocycles. The maximum Gasteiger partial charge on any atom is 0.244 e. The second kappa shape index (κ2) is 12.1. The number of carbonyl (C=O) groups excluding carboxylic acids is 2. The first-order valence-electron chi connectivity index (χ1n) is 10.5. The molecule has 7 nitrogen and oxygen atoms in total. The summed E-state index contributed by atoms with van der Waals surface area (Å²) in [6.07, 6.45) is 0.967. The summed E-state index contributed by atoms with van der Waals surface area (Å²) >= 11 is 18.6. The van der Waals surface area contributed by atoms with Gasteiger partial charge in [0.25, 0.3) is 0 Å². The van der Waals surface area contributed by atoms with E-state index in [2.05, 4.69) is 5.32 Å². The van der Waals surface area contributed by atoms with Crippen LogP contribution in [0.2, 0.25) is 15.1 Å². The molecule has 0 radical (unpaired) electrons. The normalized spacial score (nSPS) is 12.4. The number of benzene rings is 2. The van der Waals surface area contributed by atoms with E-state index in [4.69, 9.17) is 34.8 Å². The molecule has 2 aromatic carbocycles. The lowest BCUT2D eigenvalue weighted by molar-refractivity contribution is -0.139. The highest BCUT2D eigenvalue weighted by atomic mass is 35.5. The van der Waals surface area contributed by atoms with E-state index >= 15 is 0 Å². The Labute approximate surface area is 216 Å². The van der Waals surface area contributed by atoms with Crippen molar-refractivity contribution in [3.8, 4) is 0 Å². The van der Waals surface area contributed by atoms with Crippen LogP contribution in [-0.4, -0.2) is 50.5 Å². The molecule has 0 spiro atoms. The number of rotatable bonds is 10. The molecule has 0 saturated carbocycles. The van der Waals surface area contributed by atoms with Crippen molar-refractivity contribution < 1.29 is 18.0 Å². The Morgan fingerprint density at radius 3 is 2.18 bits per heavy atom. The number of nitrogens with one attached hydrogen (secondary N) is 1. The third-order valence-corrected chi connectivity index (χ3v) is 7.33. The smallest absolute Gasteiger partial charge is 0.244 e. The van der Waals surface area contributed by atoms with Crippen molar-refractivity contribution in [1.29, 1.82) is 0 Å². The molecule has 0 bridgehead atoms. The van der Waals surface area contributed by atoms with E-state index in [0.29, 0.717) is 17.1 Å². The van der Waals surface area contributed by atoms with Gasteiger partial charge in [0.1, 0.15) is 12.6 Å². The van der Waals surface area contributed by atoms with Gasteiger partial charge in [-0.15, -0.1) is 0 Å². The second-order valence-corrected chi connectivity index (χ2v) is 11.4. The minimum Gasteiger partial charge on any atom is -0.354 e. The Balaban J connectivity index is 2.43. The molecule has 0 fully saturated rings. The Kier molecular flexibility index (Phi) is 10.1. The van der Waals surface area contributed by atoms with E-state index in [9.17, 15) is 18.0 Å². The van der Waals surface area contributed by atoms with Crippen LogP contribution in [0.25, 0.3) is 0 Å². The fourth-order valence-electron chi connectivity index (χ4n) is 3.12. The van der Waals surface area contributed by atoms with Crippen LogP contribution >= 0.6 is 34.8 Å². The summed E-state index contributed by atoms with van der Waals surface area (Å²) in [4.78, 5) is 27.6. The van der Waals surface area contributed by atoms with Crippen LogP contribution in [-0.2, 0) is 26.2 Å². The van der Waals surface area contributed by atoms with Crippen LogP contribution in [0.15, 0.2) is 42.5 Å². The maximum atomic E-state index is 13.5. The zero-order valence-corrected chi connectivity index (χ0v) is 22.5. The molecule has 0 heterocycles. The van der Waals surface area contributed by atoms with Crippen molar-refractivity contribution in [2.45, 2.75) is 33.4 Å². The number of hydrogen-bond acceptors (Lipinski definition) is 4. The van der Waals surface area contributed by atoms with Gasteiger partial charge in [-0.3, -0.25) is 13.9 Å². The second-order valence-electron chi connectivity index (χ2n) is 8.27. The molecule has 186 valence electrons. The van der Waals surface area contributed by atoms with Gasteiger partial charge in [0.05, 0.1) is 22.0 Å². The van der Waals surface area contributed by atoms with Crippen LogP contribution in [0, 0.1) is 5.92 Å². The first-order valence-corrected chi connectivity index (χ1v) is 13.5. The average molecular weight is 549 g/mol.